The van der Waals surface area contributed by atoms with E-state index >= 15 is 0 Å². The molecule has 4 heteroatoms. The molecule has 1 aliphatic carbocycles. The second kappa shape index (κ2) is 6.69. The Labute approximate surface area is 109 Å². The molecule has 1 heterocycles. The summed E-state index contributed by atoms with van der Waals surface area (Å²) in [6, 6.07) is 0.214. The van der Waals surface area contributed by atoms with Crippen LogP contribution in [0, 0.1) is 0 Å². The van der Waals surface area contributed by atoms with Crippen molar-refractivity contribution < 1.29 is 0 Å². The minimum atomic E-state index is 0.214. The Hall–Kier alpha value is -1.16. The molecule has 18 heavy (non-hydrogen) atoms. The lowest BCUT2D eigenvalue weighted by molar-refractivity contribution is 0.625. The molecule has 0 fully saturated rings. The standard InChI is InChI=1S/C14H24N4/c1-2-6-11(15)9-16-14-12-7-4-3-5-8-13(12)17-10-18-14/h10-11H,2-9,15H2,1H3,(H,16,17,18). The van der Waals surface area contributed by atoms with Gasteiger partial charge in [-0.1, -0.05) is 19.8 Å². The number of nitrogens with one attached hydrogen (secondary N) is 1. The van der Waals surface area contributed by atoms with E-state index in [1.165, 1.54) is 30.5 Å². The molecule has 4 nitrogen and oxygen atoms in total. The minimum Gasteiger partial charge on any atom is -0.368 e. The summed E-state index contributed by atoms with van der Waals surface area (Å²) in [6.45, 7) is 2.97. The van der Waals surface area contributed by atoms with Gasteiger partial charge in [-0.15, -0.1) is 0 Å². The van der Waals surface area contributed by atoms with E-state index in [2.05, 4.69) is 22.2 Å². The SMILES string of the molecule is CCCC(N)CNc1ncnc2c1CCCCC2. The van der Waals surface area contributed by atoms with Crippen molar-refractivity contribution in [1.29, 1.82) is 0 Å². The van der Waals surface area contributed by atoms with Gasteiger partial charge >= 0.3 is 0 Å². The Morgan fingerprint density at radius 1 is 1.28 bits per heavy atom. The number of aromatic nitrogens is 2. The van der Waals surface area contributed by atoms with Crippen LogP contribution in [0.2, 0.25) is 0 Å². The highest BCUT2D eigenvalue weighted by atomic mass is 15.0. The van der Waals surface area contributed by atoms with E-state index in [0.717, 1.165) is 38.0 Å². The van der Waals surface area contributed by atoms with E-state index in [-0.39, 0.29) is 6.04 Å². The van der Waals surface area contributed by atoms with Crippen molar-refractivity contribution in [3.8, 4) is 0 Å². The summed E-state index contributed by atoms with van der Waals surface area (Å²) >= 11 is 0. The predicted molar refractivity (Wildman–Crippen MR) is 74.7 cm³/mol. The maximum absolute atomic E-state index is 6.03. The number of nitrogens with two attached hydrogens (primary N) is 1. The van der Waals surface area contributed by atoms with Gasteiger partial charge in [-0.25, -0.2) is 9.97 Å². The number of hydrogen-bond donors (Lipinski definition) is 2. The molecule has 1 aromatic heterocycles. The molecule has 0 spiro atoms. The quantitative estimate of drug-likeness (QED) is 0.785. The third-order valence-electron chi connectivity index (χ3n) is 3.57. The Bertz CT molecular complexity index is 378. The smallest absolute Gasteiger partial charge is 0.132 e. The van der Waals surface area contributed by atoms with Crippen molar-refractivity contribution >= 4 is 5.82 Å². The Morgan fingerprint density at radius 2 is 2.11 bits per heavy atom. The maximum atomic E-state index is 6.03. The lowest BCUT2D eigenvalue weighted by Gasteiger charge is -2.15. The van der Waals surface area contributed by atoms with E-state index in [1.54, 1.807) is 6.33 Å². The molecule has 0 amide bonds. The predicted octanol–water partition coefficient (Wildman–Crippen LogP) is 2.28. The van der Waals surface area contributed by atoms with Gasteiger partial charge in [-0.05, 0) is 32.1 Å². The molecule has 0 saturated carbocycles. The zero-order valence-corrected chi connectivity index (χ0v) is 11.3. The van der Waals surface area contributed by atoms with Gasteiger partial charge in [0, 0.05) is 23.8 Å². The van der Waals surface area contributed by atoms with Gasteiger partial charge in [-0.3, -0.25) is 0 Å². The summed E-state index contributed by atoms with van der Waals surface area (Å²) < 4.78 is 0. The number of nitrogens with zero attached hydrogens (tertiary/aromatic N) is 2. The van der Waals surface area contributed by atoms with E-state index in [1.807, 2.05) is 0 Å². The molecule has 100 valence electrons. The van der Waals surface area contributed by atoms with Gasteiger partial charge in [0.15, 0.2) is 0 Å². The first-order chi connectivity index (χ1) is 8.81. The van der Waals surface area contributed by atoms with Crippen LogP contribution in [0.25, 0.3) is 0 Å². The van der Waals surface area contributed by atoms with Gasteiger partial charge in [-0.2, -0.15) is 0 Å². The van der Waals surface area contributed by atoms with Crippen LogP contribution in [0.15, 0.2) is 6.33 Å². The minimum absolute atomic E-state index is 0.214. The molecule has 1 atom stereocenters. The highest BCUT2D eigenvalue weighted by Gasteiger charge is 2.14. The van der Waals surface area contributed by atoms with Crippen LogP contribution in [0.4, 0.5) is 5.82 Å². The van der Waals surface area contributed by atoms with Crippen molar-refractivity contribution in [2.24, 2.45) is 5.73 Å². The maximum Gasteiger partial charge on any atom is 0.132 e. The molecule has 0 saturated heterocycles. The van der Waals surface area contributed by atoms with Gasteiger partial charge in [0.1, 0.15) is 12.1 Å². The average molecular weight is 248 g/mol. The van der Waals surface area contributed by atoms with E-state index in [0.29, 0.717) is 0 Å². The fraction of sp³-hybridized carbons (Fsp3) is 0.714. The second-order valence-electron chi connectivity index (χ2n) is 5.14. The first-order valence-corrected chi connectivity index (χ1v) is 7.13. The van der Waals surface area contributed by atoms with Gasteiger partial charge in [0.25, 0.3) is 0 Å². The Morgan fingerprint density at radius 3 is 2.94 bits per heavy atom. The third kappa shape index (κ3) is 3.42. The summed E-state index contributed by atoms with van der Waals surface area (Å²) in [5, 5.41) is 3.41. The molecule has 0 radical (unpaired) electrons. The number of rotatable bonds is 5. The first kappa shape index (κ1) is 13.3. The second-order valence-corrected chi connectivity index (χ2v) is 5.14. The Kier molecular flexibility index (Phi) is 4.93. The summed E-state index contributed by atoms with van der Waals surface area (Å²) in [7, 11) is 0. The zero-order valence-electron chi connectivity index (χ0n) is 11.3. The van der Waals surface area contributed by atoms with Crippen molar-refractivity contribution in [1.82, 2.24) is 9.97 Å². The first-order valence-electron chi connectivity index (χ1n) is 7.13. The van der Waals surface area contributed by atoms with Crippen molar-refractivity contribution in [2.45, 2.75) is 57.9 Å². The van der Waals surface area contributed by atoms with E-state index < -0.39 is 0 Å². The highest BCUT2D eigenvalue weighted by molar-refractivity contribution is 5.46. The van der Waals surface area contributed by atoms with Crippen LogP contribution in [0.5, 0.6) is 0 Å². The summed E-state index contributed by atoms with van der Waals surface area (Å²) in [5.74, 6) is 1.01. The van der Waals surface area contributed by atoms with Crippen LogP contribution in [-0.2, 0) is 12.8 Å². The fourth-order valence-corrected chi connectivity index (χ4v) is 2.55. The fourth-order valence-electron chi connectivity index (χ4n) is 2.55. The number of hydrogen-bond acceptors (Lipinski definition) is 4. The summed E-state index contributed by atoms with van der Waals surface area (Å²) in [5.41, 5.74) is 8.58. The zero-order chi connectivity index (χ0) is 12.8. The largest absolute Gasteiger partial charge is 0.368 e. The van der Waals surface area contributed by atoms with Crippen LogP contribution in [-0.4, -0.2) is 22.6 Å². The monoisotopic (exact) mass is 248 g/mol. The lowest BCUT2D eigenvalue weighted by Crippen LogP contribution is -2.29. The van der Waals surface area contributed by atoms with Crippen molar-refractivity contribution in [3.63, 3.8) is 0 Å². The number of fused-ring (bicyclic) bond motifs is 1. The van der Waals surface area contributed by atoms with Gasteiger partial charge in [0.05, 0.1) is 0 Å². The van der Waals surface area contributed by atoms with Crippen LogP contribution < -0.4 is 11.1 Å². The third-order valence-corrected chi connectivity index (χ3v) is 3.57. The average Bonchev–Trinajstić information content (AvgIpc) is 2.62. The summed E-state index contributed by atoms with van der Waals surface area (Å²) in [4.78, 5) is 8.81. The van der Waals surface area contributed by atoms with Crippen LogP contribution in [0.1, 0.15) is 50.3 Å². The number of anilines is 1. The van der Waals surface area contributed by atoms with E-state index in [4.69, 9.17) is 5.73 Å². The van der Waals surface area contributed by atoms with Gasteiger partial charge in [0.2, 0.25) is 0 Å². The number of aryl methyl sites for hydroxylation is 1. The molecular weight excluding hydrogens is 224 g/mol. The molecule has 0 bridgehead atoms. The topological polar surface area (TPSA) is 63.8 Å². The lowest BCUT2D eigenvalue weighted by atomic mass is 10.1. The molecule has 0 aliphatic heterocycles. The molecule has 1 unspecified atom stereocenters. The highest BCUT2D eigenvalue weighted by Crippen LogP contribution is 2.23. The molecule has 1 aromatic rings. The molecule has 0 aromatic carbocycles. The molecular formula is C14H24N4. The van der Waals surface area contributed by atoms with Crippen LogP contribution in [0.3, 0.4) is 0 Å². The molecule has 1 aliphatic rings. The summed E-state index contributed by atoms with van der Waals surface area (Å²) in [6.07, 6.45) is 9.85. The van der Waals surface area contributed by atoms with Crippen LogP contribution >= 0.6 is 0 Å². The molecule has 3 N–H and O–H groups in total. The molecule has 2 rings (SSSR count). The Balaban J connectivity index is 2.04. The van der Waals surface area contributed by atoms with Gasteiger partial charge < -0.3 is 11.1 Å². The van der Waals surface area contributed by atoms with Crippen molar-refractivity contribution in [3.05, 3.63) is 17.6 Å². The van der Waals surface area contributed by atoms with E-state index in [9.17, 15) is 0 Å². The normalized spacial score (nSPS) is 16.8. The van der Waals surface area contributed by atoms with Crippen molar-refractivity contribution in [2.75, 3.05) is 11.9 Å².